The molecule has 2 heterocycles. The number of nitrogens with one attached hydrogen (secondary N) is 1. The summed E-state index contributed by atoms with van der Waals surface area (Å²) in [5, 5.41) is 3.43. The van der Waals surface area contributed by atoms with Gasteiger partial charge in [0, 0.05) is 57.7 Å². The fourth-order valence-corrected chi connectivity index (χ4v) is 3.71. The Morgan fingerprint density at radius 2 is 1.50 bits per heavy atom. The molecule has 1 N–H and O–H groups in total. The summed E-state index contributed by atoms with van der Waals surface area (Å²) in [5.41, 5.74) is 4.91. The Hall–Kier alpha value is -3.28. The van der Waals surface area contributed by atoms with Gasteiger partial charge in [0.2, 0.25) is 5.95 Å². The highest BCUT2D eigenvalue weighted by atomic mass is 15.3. The Labute approximate surface area is 179 Å². The number of benzene rings is 2. The van der Waals surface area contributed by atoms with E-state index in [1.807, 2.05) is 25.1 Å². The fourth-order valence-electron chi connectivity index (χ4n) is 3.71. The minimum Gasteiger partial charge on any atom is -0.368 e. The third-order valence-corrected chi connectivity index (χ3v) is 5.50. The predicted octanol–water partition coefficient (Wildman–Crippen LogP) is 4.23. The van der Waals surface area contributed by atoms with Gasteiger partial charge in [-0.15, -0.1) is 0 Å². The average molecular weight is 403 g/mol. The molecule has 6 nitrogen and oxygen atoms in total. The standard InChI is InChI=1S/C24H30N6/c1-18-9-11-20(12-10-18)25-22-17-23(28(3)4)27-24(26-22)30-15-13-29(14-16-30)21-8-6-5-7-19(21)2/h5-12,17H,13-16H2,1-4H3,(H,25,26,27). The second-order valence-electron chi connectivity index (χ2n) is 8.06. The van der Waals surface area contributed by atoms with E-state index in [4.69, 9.17) is 9.97 Å². The first-order chi connectivity index (χ1) is 14.5. The molecule has 0 unspecified atom stereocenters. The lowest BCUT2D eigenvalue weighted by Gasteiger charge is -2.37. The molecule has 0 saturated carbocycles. The van der Waals surface area contributed by atoms with E-state index in [2.05, 4.69) is 77.5 Å². The summed E-state index contributed by atoms with van der Waals surface area (Å²) in [6, 6.07) is 18.9. The summed E-state index contributed by atoms with van der Waals surface area (Å²) in [4.78, 5) is 16.4. The molecule has 0 atom stereocenters. The minimum absolute atomic E-state index is 0.778. The molecular weight excluding hydrogens is 372 g/mol. The molecule has 1 fully saturated rings. The van der Waals surface area contributed by atoms with Crippen molar-refractivity contribution >= 4 is 29.0 Å². The van der Waals surface area contributed by atoms with Crippen molar-refractivity contribution in [3.05, 3.63) is 65.7 Å². The van der Waals surface area contributed by atoms with Crippen molar-refractivity contribution in [3.63, 3.8) is 0 Å². The van der Waals surface area contributed by atoms with Crippen LogP contribution in [-0.2, 0) is 0 Å². The predicted molar refractivity (Wildman–Crippen MR) is 126 cm³/mol. The molecular formula is C24H30N6. The van der Waals surface area contributed by atoms with Crippen LogP contribution in [0.25, 0.3) is 0 Å². The van der Waals surface area contributed by atoms with Gasteiger partial charge in [-0.25, -0.2) is 0 Å². The van der Waals surface area contributed by atoms with E-state index < -0.39 is 0 Å². The average Bonchev–Trinajstić information content (AvgIpc) is 2.76. The number of para-hydroxylation sites is 1. The molecule has 30 heavy (non-hydrogen) atoms. The van der Waals surface area contributed by atoms with Crippen molar-refractivity contribution in [1.82, 2.24) is 9.97 Å². The molecule has 1 aliphatic rings. The van der Waals surface area contributed by atoms with Crippen molar-refractivity contribution in [1.29, 1.82) is 0 Å². The van der Waals surface area contributed by atoms with Crippen molar-refractivity contribution in [2.45, 2.75) is 13.8 Å². The van der Waals surface area contributed by atoms with Crippen LogP contribution in [0.15, 0.2) is 54.6 Å². The van der Waals surface area contributed by atoms with Gasteiger partial charge in [0.05, 0.1) is 0 Å². The van der Waals surface area contributed by atoms with Crippen molar-refractivity contribution < 1.29 is 0 Å². The summed E-state index contributed by atoms with van der Waals surface area (Å²) in [6.45, 7) is 7.98. The minimum atomic E-state index is 0.778. The highest BCUT2D eigenvalue weighted by molar-refractivity contribution is 5.62. The second-order valence-corrected chi connectivity index (χ2v) is 8.06. The molecule has 0 radical (unpaired) electrons. The Balaban J connectivity index is 1.53. The van der Waals surface area contributed by atoms with Gasteiger partial charge >= 0.3 is 0 Å². The lowest BCUT2D eigenvalue weighted by Crippen LogP contribution is -2.47. The van der Waals surface area contributed by atoms with Crippen molar-refractivity contribution in [2.24, 2.45) is 0 Å². The van der Waals surface area contributed by atoms with Crippen LogP contribution in [-0.4, -0.2) is 50.2 Å². The normalized spacial score (nSPS) is 14.0. The van der Waals surface area contributed by atoms with Crippen LogP contribution < -0.4 is 20.0 Å². The molecule has 0 spiro atoms. The quantitative estimate of drug-likeness (QED) is 0.689. The summed E-state index contributed by atoms with van der Waals surface area (Å²) >= 11 is 0. The molecule has 1 saturated heterocycles. The smallest absolute Gasteiger partial charge is 0.229 e. The van der Waals surface area contributed by atoms with E-state index in [-0.39, 0.29) is 0 Å². The first kappa shape index (κ1) is 20.0. The SMILES string of the molecule is Cc1ccc(Nc2cc(N(C)C)nc(N3CCN(c4ccccc4C)CC3)n2)cc1. The first-order valence-electron chi connectivity index (χ1n) is 10.5. The number of nitrogens with zero attached hydrogens (tertiary/aromatic N) is 5. The summed E-state index contributed by atoms with van der Waals surface area (Å²) in [6.07, 6.45) is 0. The van der Waals surface area contributed by atoms with E-state index >= 15 is 0 Å². The fraction of sp³-hybridized carbons (Fsp3) is 0.333. The Kier molecular flexibility index (Phi) is 5.74. The van der Waals surface area contributed by atoms with Gasteiger partial charge < -0.3 is 20.0 Å². The lowest BCUT2D eigenvalue weighted by molar-refractivity contribution is 0.639. The number of piperazine rings is 1. The van der Waals surface area contributed by atoms with E-state index in [9.17, 15) is 0 Å². The number of aryl methyl sites for hydroxylation is 2. The maximum absolute atomic E-state index is 4.83. The van der Waals surface area contributed by atoms with E-state index in [0.717, 1.165) is 49.5 Å². The summed E-state index contributed by atoms with van der Waals surface area (Å²) in [5.74, 6) is 2.49. The lowest BCUT2D eigenvalue weighted by atomic mass is 10.1. The van der Waals surface area contributed by atoms with Gasteiger partial charge in [-0.1, -0.05) is 35.9 Å². The highest BCUT2D eigenvalue weighted by Crippen LogP contribution is 2.25. The number of hydrogen-bond acceptors (Lipinski definition) is 6. The number of anilines is 5. The molecule has 1 aromatic heterocycles. The van der Waals surface area contributed by atoms with Gasteiger partial charge in [0.15, 0.2) is 0 Å². The van der Waals surface area contributed by atoms with Gasteiger partial charge in [-0.2, -0.15) is 9.97 Å². The zero-order valence-electron chi connectivity index (χ0n) is 18.3. The summed E-state index contributed by atoms with van der Waals surface area (Å²) < 4.78 is 0. The van der Waals surface area contributed by atoms with Crippen LogP contribution in [0.3, 0.4) is 0 Å². The topological polar surface area (TPSA) is 47.5 Å². The molecule has 2 aromatic carbocycles. The molecule has 156 valence electrons. The van der Waals surface area contributed by atoms with Gasteiger partial charge in [-0.05, 0) is 37.6 Å². The highest BCUT2D eigenvalue weighted by Gasteiger charge is 2.21. The zero-order chi connectivity index (χ0) is 21.1. The molecule has 3 aromatic rings. The van der Waals surface area contributed by atoms with E-state index in [1.165, 1.54) is 16.8 Å². The Bertz CT molecular complexity index is 991. The van der Waals surface area contributed by atoms with Crippen molar-refractivity contribution in [2.75, 3.05) is 60.3 Å². The van der Waals surface area contributed by atoms with Crippen LogP contribution in [0.1, 0.15) is 11.1 Å². The van der Waals surface area contributed by atoms with Gasteiger partial charge in [-0.3, -0.25) is 0 Å². The van der Waals surface area contributed by atoms with E-state index in [0.29, 0.717) is 0 Å². The number of hydrogen-bond donors (Lipinski definition) is 1. The van der Waals surface area contributed by atoms with Crippen LogP contribution in [0, 0.1) is 13.8 Å². The number of aromatic nitrogens is 2. The van der Waals surface area contributed by atoms with Gasteiger partial charge in [0.25, 0.3) is 0 Å². The summed E-state index contributed by atoms with van der Waals surface area (Å²) in [7, 11) is 4.02. The van der Waals surface area contributed by atoms with Crippen LogP contribution in [0.4, 0.5) is 29.0 Å². The molecule has 0 amide bonds. The maximum atomic E-state index is 4.83. The Morgan fingerprint density at radius 1 is 0.833 bits per heavy atom. The zero-order valence-corrected chi connectivity index (χ0v) is 18.3. The second kappa shape index (κ2) is 8.61. The molecule has 1 aliphatic heterocycles. The largest absolute Gasteiger partial charge is 0.368 e. The maximum Gasteiger partial charge on any atom is 0.229 e. The molecule has 0 aliphatic carbocycles. The third kappa shape index (κ3) is 4.48. The van der Waals surface area contributed by atoms with Crippen LogP contribution in [0.2, 0.25) is 0 Å². The number of rotatable bonds is 5. The monoisotopic (exact) mass is 402 g/mol. The first-order valence-corrected chi connectivity index (χ1v) is 10.5. The van der Waals surface area contributed by atoms with E-state index in [1.54, 1.807) is 0 Å². The van der Waals surface area contributed by atoms with Gasteiger partial charge in [0.1, 0.15) is 11.6 Å². The van der Waals surface area contributed by atoms with Crippen molar-refractivity contribution in [3.8, 4) is 0 Å². The molecule has 6 heteroatoms. The third-order valence-electron chi connectivity index (χ3n) is 5.50. The van der Waals surface area contributed by atoms with Crippen LogP contribution in [0.5, 0.6) is 0 Å². The molecule has 0 bridgehead atoms. The Morgan fingerprint density at radius 3 is 2.17 bits per heavy atom. The molecule has 4 rings (SSSR count). The van der Waals surface area contributed by atoms with Crippen LogP contribution >= 0.6 is 0 Å².